The molecule has 0 bridgehead atoms. The summed E-state index contributed by atoms with van der Waals surface area (Å²) in [6.45, 7) is 4.86. The highest BCUT2D eigenvalue weighted by Gasteiger charge is 2.29. The van der Waals surface area contributed by atoms with Crippen LogP contribution in [0.2, 0.25) is 0 Å². The van der Waals surface area contributed by atoms with Gasteiger partial charge in [0.05, 0.1) is 11.6 Å². The summed E-state index contributed by atoms with van der Waals surface area (Å²) in [5, 5.41) is 8.81. The van der Waals surface area contributed by atoms with Crippen molar-refractivity contribution in [1.29, 1.82) is 5.26 Å². The average Bonchev–Trinajstić information content (AvgIpc) is 3.09. The molecule has 1 aromatic carbocycles. The molecule has 0 spiro atoms. The second-order valence-corrected chi connectivity index (χ2v) is 5.29. The second kappa shape index (κ2) is 4.99. The third kappa shape index (κ3) is 2.21. The number of likely N-dealkylation sites (tertiary alicyclic amines) is 1. The van der Waals surface area contributed by atoms with E-state index in [-0.39, 0.29) is 0 Å². The lowest BCUT2D eigenvalue weighted by Gasteiger charge is -2.24. The Bertz CT molecular complexity index is 440. The zero-order valence-electron chi connectivity index (χ0n) is 10.7. The van der Waals surface area contributed by atoms with Crippen LogP contribution in [0.15, 0.2) is 24.3 Å². The molecule has 3 heteroatoms. The molecular weight excluding hydrogens is 222 g/mol. The number of anilines is 1. The number of benzene rings is 1. The highest BCUT2D eigenvalue weighted by atomic mass is 15.3. The summed E-state index contributed by atoms with van der Waals surface area (Å²) in [7, 11) is 0. The first-order valence-electron chi connectivity index (χ1n) is 6.86. The van der Waals surface area contributed by atoms with Gasteiger partial charge in [-0.2, -0.15) is 5.26 Å². The Morgan fingerprint density at radius 1 is 1.06 bits per heavy atom. The minimum absolute atomic E-state index is 0.739. The van der Waals surface area contributed by atoms with Crippen LogP contribution in [0, 0.1) is 11.3 Å². The largest absolute Gasteiger partial charge is 0.370 e. The van der Waals surface area contributed by atoms with Crippen LogP contribution in [0.25, 0.3) is 0 Å². The van der Waals surface area contributed by atoms with E-state index in [1.165, 1.54) is 38.0 Å². The van der Waals surface area contributed by atoms with Crippen LogP contribution in [-0.4, -0.2) is 37.1 Å². The first-order chi connectivity index (χ1) is 8.86. The first kappa shape index (κ1) is 11.6. The van der Waals surface area contributed by atoms with Crippen LogP contribution >= 0.6 is 0 Å². The third-order valence-corrected chi connectivity index (χ3v) is 4.18. The number of nitriles is 1. The molecule has 0 N–H and O–H groups in total. The van der Waals surface area contributed by atoms with E-state index in [0.717, 1.165) is 24.7 Å². The minimum atomic E-state index is 0.739. The van der Waals surface area contributed by atoms with Crippen molar-refractivity contribution < 1.29 is 0 Å². The van der Waals surface area contributed by atoms with Crippen LogP contribution in [0.1, 0.15) is 24.8 Å². The molecule has 0 saturated carbocycles. The van der Waals surface area contributed by atoms with Crippen molar-refractivity contribution in [2.75, 3.05) is 31.1 Å². The maximum Gasteiger partial charge on any atom is 0.0991 e. The Morgan fingerprint density at radius 3 is 2.44 bits per heavy atom. The van der Waals surface area contributed by atoms with Gasteiger partial charge >= 0.3 is 0 Å². The maximum atomic E-state index is 8.81. The van der Waals surface area contributed by atoms with E-state index in [1.807, 2.05) is 12.1 Å². The Kier molecular flexibility index (Phi) is 3.21. The van der Waals surface area contributed by atoms with Crippen molar-refractivity contribution in [3.05, 3.63) is 29.8 Å². The van der Waals surface area contributed by atoms with Crippen LogP contribution < -0.4 is 4.90 Å². The SMILES string of the molecule is N#Cc1ccc(N2CCC(N3CCCC3)C2)cc1. The summed E-state index contributed by atoms with van der Waals surface area (Å²) in [4.78, 5) is 5.09. The molecule has 0 amide bonds. The number of nitrogens with zero attached hydrogens (tertiary/aromatic N) is 3. The standard InChI is InChI=1S/C15H19N3/c16-11-13-3-5-14(6-4-13)18-10-7-15(12-18)17-8-1-2-9-17/h3-6,15H,1-2,7-10,12H2. The summed E-state index contributed by atoms with van der Waals surface area (Å²) in [5.74, 6) is 0. The topological polar surface area (TPSA) is 30.3 Å². The van der Waals surface area contributed by atoms with Crippen LogP contribution in [-0.2, 0) is 0 Å². The van der Waals surface area contributed by atoms with E-state index in [2.05, 4.69) is 28.0 Å². The van der Waals surface area contributed by atoms with Crippen molar-refractivity contribution in [3.63, 3.8) is 0 Å². The smallest absolute Gasteiger partial charge is 0.0991 e. The molecule has 2 aliphatic rings. The molecule has 2 aliphatic heterocycles. The Hall–Kier alpha value is -1.53. The molecular formula is C15H19N3. The summed E-state index contributed by atoms with van der Waals surface area (Å²) in [6, 6.07) is 10.9. The van der Waals surface area contributed by atoms with Gasteiger partial charge < -0.3 is 4.90 Å². The lowest BCUT2D eigenvalue weighted by atomic mass is 10.2. The lowest BCUT2D eigenvalue weighted by molar-refractivity contribution is 0.260. The lowest BCUT2D eigenvalue weighted by Crippen LogP contribution is -2.35. The predicted octanol–water partition coefficient (Wildman–Crippen LogP) is 2.23. The molecule has 18 heavy (non-hydrogen) atoms. The molecule has 3 rings (SSSR count). The van der Waals surface area contributed by atoms with Crippen LogP contribution in [0.3, 0.4) is 0 Å². The van der Waals surface area contributed by atoms with E-state index < -0.39 is 0 Å². The third-order valence-electron chi connectivity index (χ3n) is 4.18. The fourth-order valence-electron chi connectivity index (χ4n) is 3.13. The molecule has 0 aliphatic carbocycles. The summed E-state index contributed by atoms with van der Waals surface area (Å²) >= 11 is 0. The normalized spacial score (nSPS) is 24.4. The van der Waals surface area contributed by atoms with Gasteiger partial charge in [0.1, 0.15) is 0 Å². The zero-order valence-corrected chi connectivity index (χ0v) is 10.7. The van der Waals surface area contributed by atoms with Gasteiger partial charge in [-0.1, -0.05) is 0 Å². The first-order valence-corrected chi connectivity index (χ1v) is 6.86. The van der Waals surface area contributed by atoms with E-state index in [9.17, 15) is 0 Å². The highest BCUT2D eigenvalue weighted by molar-refractivity contribution is 5.50. The van der Waals surface area contributed by atoms with E-state index in [0.29, 0.717) is 0 Å². The minimum Gasteiger partial charge on any atom is -0.370 e. The average molecular weight is 241 g/mol. The summed E-state index contributed by atoms with van der Waals surface area (Å²) in [5.41, 5.74) is 2.00. The van der Waals surface area contributed by atoms with Crippen LogP contribution in [0.5, 0.6) is 0 Å². The molecule has 2 fully saturated rings. The van der Waals surface area contributed by atoms with Gasteiger partial charge in [-0.05, 0) is 56.6 Å². The zero-order chi connectivity index (χ0) is 12.4. The van der Waals surface area contributed by atoms with Crippen molar-refractivity contribution in [3.8, 4) is 6.07 Å². The number of hydrogen-bond donors (Lipinski definition) is 0. The molecule has 2 saturated heterocycles. The van der Waals surface area contributed by atoms with Gasteiger partial charge in [0.15, 0.2) is 0 Å². The monoisotopic (exact) mass is 241 g/mol. The quantitative estimate of drug-likeness (QED) is 0.795. The van der Waals surface area contributed by atoms with Crippen LogP contribution in [0.4, 0.5) is 5.69 Å². The fourth-order valence-corrected chi connectivity index (χ4v) is 3.13. The predicted molar refractivity (Wildman–Crippen MR) is 72.6 cm³/mol. The molecule has 0 aromatic heterocycles. The molecule has 1 aromatic rings. The van der Waals surface area contributed by atoms with Crippen molar-refractivity contribution in [1.82, 2.24) is 4.90 Å². The summed E-state index contributed by atoms with van der Waals surface area (Å²) in [6.07, 6.45) is 4.01. The Labute approximate surface area is 109 Å². The van der Waals surface area contributed by atoms with E-state index >= 15 is 0 Å². The van der Waals surface area contributed by atoms with Gasteiger partial charge in [0, 0.05) is 24.8 Å². The van der Waals surface area contributed by atoms with E-state index in [4.69, 9.17) is 5.26 Å². The number of rotatable bonds is 2. The van der Waals surface area contributed by atoms with E-state index in [1.54, 1.807) is 0 Å². The van der Waals surface area contributed by atoms with Gasteiger partial charge in [-0.15, -0.1) is 0 Å². The Balaban J connectivity index is 1.65. The molecule has 1 unspecified atom stereocenters. The molecule has 3 nitrogen and oxygen atoms in total. The van der Waals surface area contributed by atoms with Gasteiger partial charge in [-0.3, -0.25) is 4.90 Å². The van der Waals surface area contributed by atoms with Crippen molar-refractivity contribution >= 4 is 5.69 Å². The number of hydrogen-bond acceptors (Lipinski definition) is 3. The second-order valence-electron chi connectivity index (χ2n) is 5.29. The van der Waals surface area contributed by atoms with Crippen molar-refractivity contribution in [2.45, 2.75) is 25.3 Å². The fraction of sp³-hybridized carbons (Fsp3) is 0.533. The summed E-state index contributed by atoms with van der Waals surface area (Å²) < 4.78 is 0. The molecule has 2 heterocycles. The molecule has 94 valence electrons. The Morgan fingerprint density at radius 2 is 1.78 bits per heavy atom. The van der Waals surface area contributed by atoms with Gasteiger partial charge in [0.25, 0.3) is 0 Å². The van der Waals surface area contributed by atoms with Gasteiger partial charge in [0.2, 0.25) is 0 Å². The molecule has 1 atom stereocenters. The maximum absolute atomic E-state index is 8.81. The molecule has 0 radical (unpaired) electrons. The van der Waals surface area contributed by atoms with Gasteiger partial charge in [-0.25, -0.2) is 0 Å². The highest BCUT2D eigenvalue weighted by Crippen LogP contribution is 2.25. The van der Waals surface area contributed by atoms with Crippen molar-refractivity contribution in [2.24, 2.45) is 0 Å².